The minimum Gasteiger partial charge on any atom is -0.496 e. The van der Waals surface area contributed by atoms with Crippen LogP contribution in [0.3, 0.4) is 0 Å². The molecular weight excluding hydrogens is 180 g/mol. The Morgan fingerprint density at radius 2 is 2.00 bits per heavy atom. The Hall–Kier alpha value is -1.51. The SMILES string of the molecule is COc1ccc(CC(=O)O)c(C)c1C. The molecule has 1 N–H and O–H groups in total. The molecule has 0 spiro atoms. The maximum Gasteiger partial charge on any atom is 0.307 e. The van der Waals surface area contributed by atoms with Crippen molar-refractivity contribution in [3.05, 3.63) is 28.8 Å². The fraction of sp³-hybridized carbons (Fsp3) is 0.364. The van der Waals surface area contributed by atoms with Gasteiger partial charge in [0.1, 0.15) is 5.75 Å². The molecule has 0 aliphatic carbocycles. The van der Waals surface area contributed by atoms with Crippen LogP contribution in [0.1, 0.15) is 16.7 Å². The lowest BCUT2D eigenvalue weighted by Gasteiger charge is -2.10. The normalized spacial score (nSPS) is 9.93. The number of hydrogen-bond acceptors (Lipinski definition) is 2. The summed E-state index contributed by atoms with van der Waals surface area (Å²) in [6.45, 7) is 3.84. The van der Waals surface area contributed by atoms with Crippen LogP contribution in [-0.4, -0.2) is 18.2 Å². The highest BCUT2D eigenvalue weighted by molar-refractivity contribution is 5.71. The molecule has 14 heavy (non-hydrogen) atoms. The van der Waals surface area contributed by atoms with Crippen LogP contribution in [-0.2, 0) is 11.2 Å². The van der Waals surface area contributed by atoms with Crippen molar-refractivity contribution >= 4 is 5.97 Å². The first-order chi connectivity index (χ1) is 6.56. The van der Waals surface area contributed by atoms with E-state index in [2.05, 4.69) is 0 Å². The standard InChI is InChI=1S/C11H14O3/c1-7-8(2)10(14-3)5-4-9(7)6-11(12)13/h4-5H,6H2,1-3H3,(H,12,13). The van der Waals surface area contributed by atoms with Gasteiger partial charge in [-0.1, -0.05) is 6.07 Å². The van der Waals surface area contributed by atoms with Crippen molar-refractivity contribution in [2.24, 2.45) is 0 Å². The molecule has 3 nitrogen and oxygen atoms in total. The Balaban J connectivity index is 3.10. The average Bonchev–Trinajstić information content (AvgIpc) is 2.13. The van der Waals surface area contributed by atoms with E-state index in [0.717, 1.165) is 22.4 Å². The van der Waals surface area contributed by atoms with Gasteiger partial charge < -0.3 is 9.84 Å². The first-order valence-corrected chi connectivity index (χ1v) is 4.41. The van der Waals surface area contributed by atoms with E-state index >= 15 is 0 Å². The van der Waals surface area contributed by atoms with E-state index in [1.165, 1.54) is 0 Å². The molecule has 1 aromatic carbocycles. The summed E-state index contributed by atoms with van der Waals surface area (Å²) in [6.07, 6.45) is 0.0661. The van der Waals surface area contributed by atoms with E-state index < -0.39 is 5.97 Å². The lowest BCUT2D eigenvalue weighted by molar-refractivity contribution is -0.136. The molecule has 0 amide bonds. The molecule has 1 aromatic rings. The van der Waals surface area contributed by atoms with Gasteiger partial charge in [-0.05, 0) is 36.6 Å². The fourth-order valence-electron chi connectivity index (χ4n) is 1.43. The molecule has 0 aliphatic heterocycles. The molecule has 0 aliphatic rings. The van der Waals surface area contributed by atoms with Crippen molar-refractivity contribution < 1.29 is 14.6 Å². The zero-order valence-corrected chi connectivity index (χ0v) is 8.63. The first kappa shape index (κ1) is 10.6. The van der Waals surface area contributed by atoms with E-state index in [1.807, 2.05) is 13.8 Å². The van der Waals surface area contributed by atoms with Gasteiger partial charge in [-0.3, -0.25) is 4.79 Å². The predicted octanol–water partition coefficient (Wildman–Crippen LogP) is 1.94. The van der Waals surface area contributed by atoms with Crippen LogP contribution >= 0.6 is 0 Å². The molecule has 0 unspecified atom stereocenters. The molecule has 0 aromatic heterocycles. The van der Waals surface area contributed by atoms with E-state index in [4.69, 9.17) is 9.84 Å². The third-order valence-electron chi connectivity index (χ3n) is 2.41. The second-order valence-corrected chi connectivity index (χ2v) is 3.25. The van der Waals surface area contributed by atoms with E-state index in [1.54, 1.807) is 19.2 Å². The third kappa shape index (κ3) is 2.05. The number of hydrogen-bond donors (Lipinski definition) is 1. The molecule has 0 saturated heterocycles. The zero-order valence-electron chi connectivity index (χ0n) is 8.63. The van der Waals surface area contributed by atoms with Gasteiger partial charge in [0.2, 0.25) is 0 Å². The molecule has 0 bridgehead atoms. The highest BCUT2D eigenvalue weighted by Crippen LogP contribution is 2.23. The van der Waals surface area contributed by atoms with Crippen molar-refractivity contribution in [2.75, 3.05) is 7.11 Å². The number of ether oxygens (including phenoxy) is 1. The summed E-state index contributed by atoms with van der Waals surface area (Å²) >= 11 is 0. The number of methoxy groups -OCH3 is 1. The quantitative estimate of drug-likeness (QED) is 0.799. The average molecular weight is 194 g/mol. The van der Waals surface area contributed by atoms with E-state index in [9.17, 15) is 4.79 Å². The smallest absolute Gasteiger partial charge is 0.307 e. The molecule has 0 saturated carbocycles. The molecule has 1 rings (SSSR count). The van der Waals surface area contributed by atoms with Crippen molar-refractivity contribution in [1.29, 1.82) is 0 Å². The number of carboxylic acid groups (broad SMARTS) is 1. The van der Waals surface area contributed by atoms with Crippen molar-refractivity contribution in [1.82, 2.24) is 0 Å². The number of carboxylic acids is 1. The summed E-state index contributed by atoms with van der Waals surface area (Å²) in [5.41, 5.74) is 2.84. The molecular formula is C11H14O3. The van der Waals surface area contributed by atoms with Crippen LogP contribution < -0.4 is 4.74 Å². The van der Waals surface area contributed by atoms with Gasteiger partial charge in [-0.25, -0.2) is 0 Å². The molecule has 3 heteroatoms. The molecule has 76 valence electrons. The highest BCUT2D eigenvalue weighted by Gasteiger charge is 2.08. The Bertz CT molecular complexity index is 356. The number of carbonyl (C=O) groups is 1. The number of rotatable bonds is 3. The topological polar surface area (TPSA) is 46.5 Å². The Morgan fingerprint density at radius 1 is 1.36 bits per heavy atom. The summed E-state index contributed by atoms with van der Waals surface area (Å²) < 4.78 is 5.14. The van der Waals surface area contributed by atoms with Gasteiger partial charge in [-0.15, -0.1) is 0 Å². The second kappa shape index (κ2) is 4.13. The lowest BCUT2D eigenvalue weighted by atomic mass is 10.0. The predicted molar refractivity (Wildman–Crippen MR) is 53.8 cm³/mol. The van der Waals surface area contributed by atoms with Gasteiger partial charge in [-0.2, -0.15) is 0 Å². The lowest BCUT2D eigenvalue weighted by Crippen LogP contribution is -2.03. The van der Waals surface area contributed by atoms with E-state index in [-0.39, 0.29) is 6.42 Å². The van der Waals surface area contributed by atoms with Crippen molar-refractivity contribution in [3.63, 3.8) is 0 Å². The van der Waals surface area contributed by atoms with E-state index in [0.29, 0.717) is 0 Å². The Morgan fingerprint density at radius 3 is 2.50 bits per heavy atom. The van der Waals surface area contributed by atoms with Crippen LogP contribution in [0.2, 0.25) is 0 Å². The maximum atomic E-state index is 10.6. The van der Waals surface area contributed by atoms with Crippen molar-refractivity contribution in [3.8, 4) is 5.75 Å². The first-order valence-electron chi connectivity index (χ1n) is 4.41. The van der Waals surface area contributed by atoms with Crippen LogP contribution in [0.25, 0.3) is 0 Å². The summed E-state index contributed by atoms with van der Waals surface area (Å²) in [5, 5.41) is 8.68. The summed E-state index contributed by atoms with van der Waals surface area (Å²) in [5.74, 6) is -0.00527. The monoisotopic (exact) mass is 194 g/mol. The molecule has 0 atom stereocenters. The van der Waals surface area contributed by atoms with Gasteiger partial charge in [0.05, 0.1) is 13.5 Å². The van der Waals surface area contributed by atoms with Gasteiger partial charge in [0.15, 0.2) is 0 Å². The van der Waals surface area contributed by atoms with Gasteiger partial charge >= 0.3 is 5.97 Å². The number of aliphatic carboxylic acids is 1. The third-order valence-corrected chi connectivity index (χ3v) is 2.41. The minimum atomic E-state index is -0.808. The van der Waals surface area contributed by atoms with Crippen LogP contribution in [0, 0.1) is 13.8 Å². The summed E-state index contributed by atoms with van der Waals surface area (Å²) in [6, 6.07) is 3.61. The molecule has 0 fully saturated rings. The van der Waals surface area contributed by atoms with Crippen LogP contribution in [0.5, 0.6) is 5.75 Å². The van der Waals surface area contributed by atoms with Crippen LogP contribution in [0.4, 0.5) is 0 Å². The van der Waals surface area contributed by atoms with Gasteiger partial charge in [0, 0.05) is 0 Å². The number of benzene rings is 1. The van der Waals surface area contributed by atoms with Crippen molar-refractivity contribution in [2.45, 2.75) is 20.3 Å². The fourth-order valence-corrected chi connectivity index (χ4v) is 1.43. The van der Waals surface area contributed by atoms with Gasteiger partial charge in [0.25, 0.3) is 0 Å². The summed E-state index contributed by atoms with van der Waals surface area (Å²) in [7, 11) is 1.61. The maximum absolute atomic E-state index is 10.6. The largest absolute Gasteiger partial charge is 0.496 e. The summed E-state index contributed by atoms with van der Waals surface area (Å²) in [4.78, 5) is 10.6. The Labute approximate surface area is 83.3 Å². The minimum absolute atomic E-state index is 0.0661. The molecule has 0 heterocycles. The Kier molecular flexibility index (Phi) is 3.12. The van der Waals surface area contributed by atoms with Crippen LogP contribution in [0.15, 0.2) is 12.1 Å². The zero-order chi connectivity index (χ0) is 10.7. The second-order valence-electron chi connectivity index (χ2n) is 3.25. The molecule has 0 radical (unpaired) electrons. The highest BCUT2D eigenvalue weighted by atomic mass is 16.5.